The van der Waals surface area contributed by atoms with Crippen molar-refractivity contribution in [2.45, 2.75) is 0 Å². The van der Waals surface area contributed by atoms with Gasteiger partial charge in [0.2, 0.25) is 5.82 Å². The summed E-state index contributed by atoms with van der Waals surface area (Å²) >= 11 is 5.21. The van der Waals surface area contributed by atoms with Gasteiger partial charge in [0.25, 0.3) is 5.24 Å². The molecule has 0 saturated carbocycles. The van der Waals surface area contributed by atoms with E-state index in [0.29, 0.717) is 0 Å². The van der Waals surface area contributed by atoms with E-state index in [2.05, 4.69) is 0 Å². The van der Waals surface area contributed by atoms with E-state index in [1.165, 1.54) is 18.2 Å². The van der Waals surface area contributed by atoms with E-state index in [0.717, 1.165) is 12.1 Å². The van der Waals surface area contributed by atoms with Gasteiger partial charge in [-0.25, -0.2) is 0 Å². The van der Waals surface area contributed by atoms with Gasteiger partial charge in [-0.05, 0) is 35.9 Å². The first kappa shape index (κ1) is 12.3. The quantitative estimate of drug-likeness (QED) is 0.486. The second-order valence-electron chi connectivity index (χ2n) is 3.36. The van der Waals surface area contributed by atoms with E-state index in [9.17, 15) is 19.3 Å². The zero-order chi connectivity index (χ0) is 13.3. The van der Waals surface area contributed by atoms with Crippen molar-refractivity contribution < 1.29 is 18.5 Å². The third-order valence-corrected chi connectivity index (χ3v) is 2.41. The van der Waals surface area contributed by atoms with Gasteiger partial charge in [-0.1, -0.05) is 0 Å². The predicted octanol–water partition coefficient (Wildman–Crippen LogP) is 3.37. The molecule has 2 aromatic rings. The smallest absolute Gasteiger partial charge is 0.305 e. The summed E-state index contributed by atoms with van der Waals surface area (Å²) in [6.45, 7) is 0. The number of carbonyl (C=O) groups excluding carboxylic acids is 1. The third kappa shape index (κ3) is 2.23. The van der Waals surface area contributed by atoms with Crippen LogP contribution in [0.2, 0.25) is 0 Å². The molecule has 1 heterocycles. The first-order chi connectivity index (χ1) is 8.49. The second kappa shape index (κ2) is 4.58. The van der Waals surface area contributed by atoms with Gasteiger partial charge in [-0.3, -0.25) is 14.9 Å². The lowest BCUT2D eigenvalue weighted by Gasteiger charge is -1.98. The first-order valence-electron chi connectivity index (χ1n) is 4.73. The summed E-state index contributed by atoms with van der Waals surface area (Å²) in [5.74, 6) is -0.829. The van der Waals surface area contributed by atoms with Gasteiger partial charge in [0.15, 0.2) is 5.76 Å². The van der Waals surface area contributed by atoms with Crippen LogP contribution in [-0.2, 0) is 0 Å². The molecule has 0 fully saturated rings. The molecule has 0 amide bonds. The fourth-order valence-corrected chi connectivity index (χ4v) is 1.51. The van der Waals surface area contributed by atoms with Crippen LogP contribution < -0.4 is 0 Å². The van der Waals surface area contributed by atoms with Gasteiger partial charge in [0, 0.05) is 11.6 Å². The van der Waals surface area contributed by atoms with Gasteiger partial charge in [-0.15, -0.1) is 0 Å². The number of nitro benzene ring substituents is 1. The van der Waals surface area contributed by atoms with Gasteiger partial charge in [0.05, 0.1) is 4.92 Å². The Hall–Kier alpha value is -2.21. The van der Waals surface area contributed by atoms with Crippen LogP contribution in [-0.4, -0.2) is 10.2 Å². The molecule has 0 N–H and O–H groups in total. The number of hydrogen-bond acceptors (Lipinski definition) is 4. The van der Waals surface area contributed by atoms with E-state index >= 15 is 0 Å². The molecule has 18 heavy (non-hydrogen) atoms. The molecule has 0 aliphatic heterocycles. The fraction of sp³-hybridized carbons (Fsp3) is 0. The summed E-state index contributed by atoms with van der Waals surface area (Å²) in [6, 6.07) is 6.05. The topological polar surface area (TPSA) is 73.3 Å². The Bertz CT molecular complexity index is 638. The van der Waals surface area contributed by atoms with Crippen molar-refractivity contribution in [1.29, 1.82) is 0 Å². The van der Waals surface area contributed by atoms with E-state index in [1.807, 2.05) is 0 Å². The normalized spacial score (nSPS) is 10.3. The molecule has 0 atom stereocenters. The Labute approximate surface area is 105 Å². The second-order valence-corrected chi connectivity index (χ2v) is 3.70. The Morgan fingerprint density at radius 3 is 2.61 bits per heavy atom. The molecule has 7 heteroatoms. The molecule has 0 radical (unpaired) electrons. The van der Waals surface area contributed by atoms with Crippen molar-refractivity contribution in [2.24, 2.45) is 0 Å². The average molecular weight is 270 g/mol. The third-order valence-electron chi connectivity index (χ3n) is 2.23. The van der Waals surface area contributed by atoms with Crippen LogP contribution in [0, 0.1) is 15.9 Å². The van der Waals surface area contributed by atoms with Gasteiger partial charge >= 0.3 is 5.69 Å². The van der Waals surface area contributed by atoms with Gasteiger partial charge in [0.1, 0.15) is 5.76 Å². The standard InChI is InChI=1S/C11H5ClFNO4/c12-11(15)10-4-3-9(18-10)6-1-2-7(13)8(5-6)14(16)17/h1-5H. The summed E-state index contributed by atoms with van der Waals surface area (Å²) in [6.07, 6.45) is 0. The number of nitrogens with zero attached hydrogens (tertiary/aromatic N) is 1. The Balaban J connectivity index is 2.47. The summed E-state index contributed by atoms with van der Waals surface area (Å²) in [5, 5.41) is 9.80. The van der Waals surface area contributed by atoms with E-state index < -0.39 is 21.7 Å². The molecule has 0 spiro atoms. The zero-order valence-electron chi connectivity index (χ0n) is 8.72. The molecule has 0 unspecified atom stereocenters. The van der Waals surface area contributed by atoms with Crippen molar-refractivity contribution in [3.8, 4) is 11.3 Å². The number of halogens is 2. The largest absolute Gasteiger partial charge is 0.452 e. The molecule has 2 rings (SSSR count). The van der Waals surface area contributed by atoms with Crippen LogP contribution in [0.1, 0.15) is 10.6 Å². The number of nitro groups is 1. The van der Waals surface area contributed by atoms with Crippen molar-refractivity contribution in [3.63, 3.8) is 0 Å². The number of benzene rings is 1. The minimum atomic E-state index is -0.941. The summed E-state index contributed by atoms with van der Waals surface area (Å²) in [7, 11) is 0. The Morgan fingerprint density at radius 2 is 2.06 bits per heavy atom. The van der Waals surface area contributed by atoms with E-state index in [4.69, 9.17) is 16.0 Å². The minimum Gasteiger partial charge on any atom is -0.452 e. The predicted molar refractivity (Wildman–Crippen MR) is 60.9 cm³/mol. The number of rotatable bonds is 3. The maximum atomic E-state index is 13.1. The molecular weight excluding hydrogens is 265 g/mol. The molecule has 0 aliphatic carbocycles. The number of furan rings is 1. The number of hydrogen-bond donors (Lipinski definition) is 0. The van der Waals surface area contributed by atoms with E-state index in [-0.39, 0.29) is 17.1 Å². The van der Waals surface area contributed by atoms with Crippen molar-refractivity contribution in [1.82, 2.24) is 0 Å². The zero-order valence-corrected chi connectivity index (χ0v) is 9.48. The monoisotopic (exact) mass is 269 g/mol. The molecule has 1 aromatic heterocycles. The molecule has 0 bridgehead atoms. The summed E-state index contributed by atoms with van der Waals surface area (Å²) in [4.78, 5) is 20.6. The molecule has 0 saturated heterocycles. The van der Waals surface area contributed by atoms with Crippen LogP contribution in [0.15, 0.2) is 34.7 Å². The summed E-state index contributed by atoms with van der Waals surface area (Å²) < 4.78 is 18.2. The lowest BCUT2D eigenvalue weighted by Crippen LogP contribution is -1.92. The van der Waals surface area contributed by atoms with Crippen LogP contribution in [0.25, 0.3) is 11.3 Å². The van der Waals surface area contributed by atoms with Crippen LogP contribution >= 0.6 is 11.6 Å². The highest BCUT2D eigenvalue weighted by Gasteiger charge is 2.17. The molecule has 92 valence electrons. The SMILES string of the molecule is O=C(Cl)c1ccc(-c2ccc(F)c([N+](=O)[O-])c2)o1. The lowest BCUT2D eigenvalue weighted by molar-refractivity contribution is -0.387. The highest BCUT2D eigenvalue weighted by Crippen LogP contribution is 2.28. The van der Waals surface area contributed by atoms with Crippen LogP contribution in [0.5, 0.6) is 0 Å². The number of carbonyl (C=O) groups is 1. The van der Waals surface area contributed by atoms with Crippen LogP contribution in [0.4, 0.5) is 10.1 Å². The molecule has 1 aromatic carbocycles. The molecule has 5 nitrogen and oxygen atoms in total. The highest BCUT2D eigenvalue weighted by molar-refractivity contribution is 6.67. The first-order valence-corrected chi connectivity index (χ1v) is 5.11. The van der Waals surface area contributed by atoms with Crippen molar-refractivity contribution >= 4 is 22.5 Å². The van der Waals surface area contributed by atoms with E-state index in [1.54, 1.807) is 0 Å². The summed E-state index contributed by atoms with van der Waals surface area (Å²) in [5.41, 5.74) is -0.380. The minimum absolute atomic E-state index is 0.0846. The molecular formula is C11H5ClFNO4. The van der Waals surface area contributed by atoms with Gasteiger partial charge < -0.3 is 4.42 Å². The fourth-order valence-electron chi connectivity index (χ4n) is 1.40. The average Bonchev–Trinajstić information content (AvgIpc) is 2.78. The maximum absolute atomic E-state index is 13.1. The van der Waals surface area contributed by atoms with Crippen LogP contribution in [0.3, 0.4) is 0 Å². The Morgan fingerprint density at radius 1 is 1.33 bits per heavy atom. The highest BCUT2D eigenvalue weighted by atomic mass is 35.5. The lowest BCUT2D eigenvalue weighted by atomic mass is 10.1. The molecule has 0 aliphatic rings. The van der Waals surface area contributed by atoms with Crippen molar-refractivity contribution in [2.75, 3.05) is 0 Å². The van der Waals surface area contributed by atoms with Crippen molar-refractivity contribution in [3.05, 3.63) is 52.0 Å². The van der Waals surface area contributed by atoms with Gasteiger partial charge in [-0.2, -0.15) is 4.39 Å². The Kier molecular flexibility index (Phi) is 3.12. The maximum Gasteiger partial charge on any atom is 0.305 e.